The fourth-order valence-corrected chi connectivity index (χ4v) is 1.28. The Hall–Kier alpha value is -1.83. The average Bonchev–Trinajstić information content (AvgIpc) is 2.36. The first-order valence-electron chi connectivity index (χ1n) is 7.04. The molecule has 76 valence electrons. The van der Waals surface area contributed by atoms with E-state index in [1.165, 1.54) is 6.92 Å². The number of aromatic nitrogens is 1. The van der Waals surface area contributed by atoms with Gasteiger partial charge in [0.15, 0.2) is 0 Å². The van der Waals surface area contributed by atoms with Crippen LogP contribution in [0, 0.1) is 13.8 Å². The molecule has 0 N–H and O–H groups in total. The molecule has 0 aliphatic carbocycles. The molecule has 15 heavy (non-hydrogen) atoms. The number of hydrogen-bond donors (Lipinski definition) is 0. The summed E-state index contributed by atoms with van der Waals surface area (Å²) in [5.41, 5.74) is -0.536. The van der Waals surface area contributed by atoms with Gasteiger partial charge in [-0.2, -0.15) is 0 Å². The van der Waals surface area contributed by atoms with E-state index in [2.05, 4.69) is 0 Å². The average molecular weight is 204 g/mol. The van der Waals surface area contributed by atoms with Gasteiger partial charge in [0.05, 0.1) is 2.74 Å². The number of benzene rings is 1. The normalized spacial score (nSPS) is 15.9. The zero-order chi connectivity index (χ0) is 15.1. The summed E-state index contributed by atoms with van der Waals surface area (Å²) in [5, 5.41) is 0. The maximum atomic E-state index is 12.2. The van der Waals surface area contributed by atoms with E-state index in [4.69, 9.17) is 6.85 Å². The summed E-state index contributed by atoms with van der Waals surface area (Å²) >= 11 is 0. The molecule has 2 aromatic rings. The van der Waals surface area contributed by atoms with Crippen LogP contribution in [-0.2, 0) is 0 Å². The van der Waals surface area contributed by atoms with Crippen LogP contribution in [0.1, 0.15) is 18.0 Å². The van der Waals surface area contributed by atoms with Crippen molar-refractivity contribution in [1.29, 1.82) is 0 Å². The summed E-state index contributed by atoms with van der Waals surface area (Å²) in [5.74, 6) is 0. The van der Waals surface area contributed by atoms with E-state index in [-0.39, 0.29) is 11.1 Å². The molecule has 0 unspecified atom stereocenters. The fourth-order valence-electron chi connectivity index (χ4n) is 1.28. The third kappa shape index (κ3) is 1.84. The van der Waals surface area contributed by atoms with E-state index < -0.39 is 24.6 Å². The molecule has 1 aromatic heterocycles. The SMILES string of the molecule is [2H]c1c(C)c(C([2H])([2H])[2H])c([2H])n(-c2ccccc2)c1=O. The minimum atomic E-state index is -2.54. The highest BCUT2D eigenvalue weighted by Crippen LogP contribution is 2.07. The zero-order valence-corrected chi connectivity index (χ0v) is 8.24. The molecule has 2 heteroatoms. The van der Waals surface area contributed by atoms with Crippen LogP contribution < -0.4 is 5.56 Å². The predicted octanol–water partition coefficient (Wildman–Crippen LogP) is 2.45. The lowest BCUT2D eigenvalue weighted by molar-refractivity contribution is 0.966. The Morgan fingerprint density at radius 3 is 2.67 bits per heavy atom. The van der Waals surface area contributed by atoms with E-state index in [1.807, 2.05) is 0 Å². The molecule has 0 bridgehead atoms. The van der Waals surface area contributed by atoms with E-state index in [1.54, 1.807) is 30.3 Å². The molecular formula is C13H13NO. The molecule has 1 aromatic carbocycles. The molecule has 0 spiro atoms. The van der Waals surface area contributed by atoms with Gasteiger partial charge in [-0.25, -0.2) is 0 Å². The van der Waals surface area contributed by atoms with Gasteiger partial charge >= 0.3 is 0 Å². The van der Waals surface area contributed by atoms with Gasteiger partial charge in [0.25, 0.3) is 5.56 Å². The molecule has 2 nitrogen and oxygen atoms in total. The second-order valence-electron chi connectivity index (χ2n) is 3.21. The van der Waals surface area contributed by atoms with Crippen molar-refractivity contribution in [2.24, 2.45) is 0 Å². The van der Waals surface area contributed by atoms with E-state index >= 15 is 0 Å². The molecule has 0 radical (unpaired) electrons. The van der Waals surface area contributed by atoms with Gasteiger partial charge in [-0.15, -0.1) is 0 Å². The van der Waals surface area contributed by atoms with Gasteiger partial charge in [0, 0.05) is 22.0 Å². The van der Waals surface area contributed by atoms with Crippen molar-refractivity contribution in [3.05, 3.63) is 64.0 Å². The number of para-hydroxylation sites is 1. The molecule has 0 amide bonds. The first-order chi connectivity index (χ1) is 9.25. The Kier molecular flexibility index (Phi) is 1.32. The van der Waals surface area contributed by atoms with Gasteiger partial charge in [-0.3, -0.25) is 9.36 Å². The van der Waals surface area contributed by atoms with Crippen LogP contribution in [-0.4, -0.2) is 4.57 Å². The number of pyridine rings is 1. The Morgan fingerprint density at radius 1 is 1.27 bits per heavy atom. The third-order valence-corrected chi connectivity index (χ3v) is 2.11. The largest absolute Gasteiger partial charge is 0.284 e. The van der Waals surface area contributed by atoms with Crippen LogP contribution >= 0.6 is 0 Å². The summed E-state index contributed by atoms with van der Waals surface area (Å²) < 4.78 is 39.3. The van der Waals surface area contributed by atoms with Crippen molar-refractivity contribution in [2.75, 3.05) is 0 Å². The number of rotatable bonds is 1. The molecule has 2 rings (SSSR count). The van der Waals surface area contributed by atoms with Crippen LogP contribution in [0.3, 0.4) is 0 Å². The molecule has 0 atom stereocenters. The highest BCUT2D eigenvalue weighted by molar-refractivity contribution is 5.34. The van der Waals surface area contributed by atoms with Crippen LogP contribution in [0.25, 0.3) is 5.69 Å². The lowest BCUT2D eigenvalue weighted by atomic mass is 10.2. The fraction of sp³-hybridized carbons (Fsp3) is 0.154. The van der Waals surface area contributed by atoms with Crippen molar-refractivity contribution >= 4 is 0 Å². The van der Waals surface area contributed by atoms with Gasteiger partial charge in [-0.05, 0) is 37.0 Å². The lowest BCUT2D eigenvalue weighted by Gasteiger charge is -2.07. The maximum absolute atomic E-state index is 12.2. The van der Waals surface area contributed by atoms with Crippen LogP contribution in [0.4, 0.5) is 0 Å². The third-order valence-electron chi connectivity index (χ3n) is 2.11. The molecular weight excluding hydrogens is 186 g/mol. The minimum absolute atomic E-state index is 0.0344. The first-order valence-corrected chi connectivity index (χ1v) is 4.54. The summed E-state index contributed by atoms with van der Waals surface area (Å²) in [6, 6.07) is 7.91. The molecule has 0 saturated carbocycles. The summed E-state index contributed by atoms with van der Waals surface area (Å²) in [4.78, 5) is 12.2. The van der Waals surface area contributed by atoms with Gasteiger partial charge in [0.2, 0.25) is 0 Å². The Labute approximate surface area is 95.8 Å². The smallest absolute Gasteiger partial charge is 0.255 e. The Morgan fingerprint density at radius 2 is 2.00 bits per heavy atom. The standard InChI is InChI=1S/C13H13NO/c1-10-8-13(15)14(9-11(10)2)12-6-4-3-5-7-12/h3-9H,1-2H3/i2D3,8D,9D. The van der Waals surface area contributed by atoms with Crippen molar-refractivity contribution in [3.63, 3.8) is 0 Å². The van der Waals surface area contributed by atoms with E-state index in [9.17, 15) is 4.79 Å². The van der Waals surface area contributed by atoms with E-state index in [0.717, 1.165) is 4.57 Å². The highest BCUT2D eigenvalue weighted by Gasteiger charge is 2.01. The number of hydrogen-bond acceptors (Lipinski definition) is 1. The summed E-state index contributed by atoms with van der Waals surface area (Å²) in [6.45, 7) is -1.15. The second-order valence-corrected chi connectivity index (χ2v) is 3.21. The Bertz CT molecular complexity index is 703. The van der Waals surface area contributed by atoms with Gasteiger partial charge < -0.3 is 0 Å². The maximum Gasteiger partial charge on any atom is 0.255 e. The van der Waals surface area contributed by atoms with Crippen molar-refractivity contribution < 1.29 is 6.85 Å². The van der Waals surface area contributed by atoms with Crippen molar-refractivity contribution in [2.45, 2.75) is 13.8 Å². The predicted molar refractivity (Wildman–Crippen MR) is 61.5 cm³/mol. The molecule has 0 fully saturated rings. The van der Waals surface area contributed by atoms with Crippen LogP contribution in [0.5, 0.6) is 0 Å². The first kappa shape index (κ1) is 5.31. The minimum Gasteiger partial charge on any atom is -0.284 e. The van der Waals surface area contributed by atoms with Crippen molar-refractivity contribution in [3.8, 4) is 5.69 Å². The quantitative estimate of drug-likeness (QED) is 0.699. The Balaban J connectivity index is 2.91. The molecule has 0 aliphatic rings. The molecule has 0 saturated heterocycles. The lowest BCUT2D eigenvalue weighted by Crippen LogP contribution is -2.17. The second kappa shape index (κ2) is 3.73. The van der Waals surface area contributed by atoms with Gasteiger partial charge in [-0.1, -0.05) is 18.2 Å². The zero-order valence-electron chi connectivity index (χ0n) is 13.2. The topological polar surface area (TPSA) is 22.0 Å². The highest BCUT2D eigenvalue weighted by atomic mass is 16.1. The molecule has 1 heterocycles. The number of nitrogens with zero attached hydrogens (tertiary/aromatic N) is 1. The summed E-state index contributed by atoms with van der Waals surface area (Å²) in [6.07, 6.45) is -0.394. The van der Waals surface area contributed by atoms with Gasteiger partial charge in [0.1, 0.15) is 0 Å². The summed E-state index contributed by atoms with van der Waals surface area (Å²) in [7, 11) is 0. The van der Waals surface area contributed by atoms with E-state index in [0.29, 0.717) is 5.69 Å². The van der Waals surface area contributed by atoms with Crippen LogP contribution in [0.2, 0.25) is 0 Å². The van der Waals surface area contributed by atoms with Crippen LogP contribution in [0.15, 0.2) is 47.3 Å². The monoisotopic (exact) mass is 204 g/mol. The molecule has 0 aliphatic heterocycles. The van der Waals surface area contributed by atoms with Crippen molar-refractivity contribution in [1.82, 2.24) is 4.57 Å².